The Morgan fingerprint density at radius 1 is 1.31 bits per heavy atom. The van der Waals surface area contributed by atoms with E-state index in [1.54, 1.807) is 19.1 Å². The van der Waals surface area contributed by atoms with E-state index >= 15 is 0 Å². The van der Waals surface area contributed by atoms with Crippen LogP contribution in [0.2, 0.25) is 10.0 Å². The van der Waals surface area contributed by atoms with Crippen LogP contribution in [0.4, 0.5) is 0 Å². The minimum Gasteiger partial charge on any atom is -0.462 e. The number of ether oxygens (including phenoxy) is 2. The molecule has 0 aliphatic carbocycles. The maximum absolute atomic E-state index is 12.5. The second kappa shape index (κ2) is 6.89. The highest BCUT2D eigenvalue weighted by Gasteiger charge is 2.39. The molecule has 4 N–H and O–H groups in total. The van der Waals surface area contributed by atoms with Crippen molar-refractivity contribution in [1.29, 1.82) is 0 Å². The van der Waals surface area contributed by atoms with E-state index in [1.807, 2.05) is 0 Å². The molecule has 0 amide bonds. The summed E-state index contributed by atoms with van der Waals surface area (Å²) in [4.78, 5) is 40.9. The van der Waals surface area contributed by atoms with Crippen molar-refractivity contribution in [2.75, 3.05) is 6.61 Å². The summed E-state index contributed by atoms with van der Waals surface area (Å²) >= 11 is 12.2. The Morgan fingerprint density at radius 3 is 2.69 bits per heavy atom. The first kappa shape index (κ1) is 18.1. The number of aromatic nitrogens is 2. The van der Waals surface area contributed by atoms with Crippen LogP contribution in [0.15, 0.2) is 39.2 Å². The molecule has 0 fully saturated rings. The number of nitrogens with two attached hydrogens (primary N) is 1. The minimum absolute atomic E-state index is 0.0222. The largest absolute Gasteiger partial charge is 0.462 e. The monoisotopic (exact) mass is 397 g/mol. The van der Waals surface area contributed by atoms with Crippen LogP contribution in [0.3, 0.4) is 0 Å². The SMILES string of the molecule is CCOC(=O)C1=C(N)Oc2[nH]c(=O)[nH]c(=O)c2[C@H]1c1ccc(Cl)cc1Cl. The maximum Gasteiger partial charge on any atom is 0.340 e. The van der Waals surface area contributed by atoms with Crippen LogP contribution in [0.1, 0.15) is 24.0 Å². The maximum atomic E-state index is 12.5. The van der Waals surface area contributed by atoms with Crippen molar-refractivity contribution in [1.82, 2.24) is 9.97 Å². The lowest BCUT2D eigenvalue weighted by Gasteiger charge is -2.27. The summed E-state index contributed by atoms with van der Waals surface area (Å²) in [7, 11) is 0. The van der Waals surface area contributed by atoms with Gasteiger partial charge in [0.2, 0.25) is 11.8 Å². The lowest BCUT2D eigenvalue weighted by atomic mass is 9.84. The van der Waals surface area contributed by atoms with Gasteiger partial charge in [-0.25, -0.2) is 9.59 Å². The fraction of sp³-hybridized carbons (Fsp3) is 0.188. The summed E-state index contributed by atoms with van der Waals surface area (Å²) in [6.45, 7) is 1.71. The first-order valence-electron chi connectivity index (χ1n) is 7.49. The van der Waals surface area contributed by atoms with Gasteiger partial charge in [0.05, 0.1) is 18.1 Å². The second-order valence-corrected chi connectivity index (χ2v) is 6.19. The number of esters is 1. The normalized spacial score (nSPS) is 16.0. The number of hydrogen-bond donors (Lipinski definition) is 3. The molecule has 10 heteroatoms. The lowest BCUT2D eigenvalue weighted by Crippen LogP contribution is -2.35. The third-order valence-electron chi connectivity index (χ3n) is 3.77. The molecule has 1 aliphatic heterocycles. The Bertz CT molecular complexity index is 1040. The Morgan fingerprint density at radius 2 is 2.04 bits per heavy atom. The zero-order chi connectivity index (χ0) is 19.0. The molecule has 26 heavy (non-hydrogen) atoms. The summed E-state index contributed by atoms with van der Waals surface area (Å²) in [5, 5.41) is 0.576. The van der Waals surface area contributed by atoms with Crippen LogP contribution in [0, 0.1) is 0 Å². The molecule has 1 aliphatic rings. The Hall–Kier alpha value is -2.71. The van der Waals surface area contributed by atoms with Gasteiger partial charge in [0.1, 0.15) is 5.57 Å². The number of rotatable bonds is 3. The smallest absolute Gasteiger partial charge is 0.340 e. The highest BCUT2D eigenvalue weighted by molar-refractivity contribution is 6.35. The molecule has 0 saturated heterocycles. The molecule has 1 aromatic heterocycles. The highest BCUT2D eigenvalue weighted by atomic mass is 35.5. The summed E-state index contributed by atoms with van der Waals surface area (Å²) in [5.74, 6) is -2.24. The van der Waals surface area contributed by atoms with Crippen molar-refractivity contribution in [2.24, 2.45) is 5.73 Å². The predicted molar refractivity (Wildman–Crippen MR) is 94.5 cm³/mol. The van der Waals surface area contributed by atoms with E-state index in [1.165, 1.54) is 6.07 Å². The van der Waals surface area contributed by atoms with E-state index in [0.717, 1.165) is 0 Å². The van der Waals surface area contributed by atoms with Crippen molar-refractivity contribution < 1.29 is 14.3 Å². The molecule has 0 spiro atoms. The predicted octanol–water partition coefficient (Wildman–Crippen LogP) is 1.63. The molecular formula is C16H13Cl2N3O5. The number of fused-ring (bicyclic) bond motifs is 1. The lowest BCUT2D eigenvalue weighted by molar-refractivity contribution is -0.139. The summed E-state index contributed by atoms with van der Waals surface area (Å²) in [5.41, 5.74) is 4.63. The Kier molecular flexibility index (Phi) is 4.80. The molecular weight excluding hydrogens is 385 g/mol. The summed E-state index contributed by atoms with van der Waals surface area (Å²) in [6, 6.07) is 4.57. The van der Waals surface area contributed by atoms with Crippen molar-refractivity contribution in [3.8, 4) is 5.88 Å². The van der Waals surface area contributed by atoms with E-state index < -0.39 is 23.1 Å². The van der Waals surface area contributed by atoms with E-state index in [2.05, 4.69) is 9.97 Å². The zero-order valence-corrected chi connectivity index (χ0v) is 14.9. The molecule has 2 heterocycles. The van der Waals surface area contributed by atoms with Crippen LogP contribution >= 0.6 is 23.2 Å². The average molecular weight is 398 g/mol. The van der Waals surface area contributed by atoms with Crippen LogP contribution in [-0.2, 0) is 9.53 Å². The molecule has 0 unspecified atom stereocenters. The van der Waals surface area contributed by atoms with Crippen molar-refractivity contribution in [2.45, 2.75) is 12.8 Å². The number of nitrogens with one attached hydrogen (secondary N) is 2. The van der Waals surface area contributed by atoms with Gasteiger partial charge < -0.3 is 15.2 Å². The van der Waals surface area contributed by atoms with Gasteiger partial charge in [-0.2, -0.15) is 0 Å². The number of hydrogen-bond acceptors (Lipinski definition) is 6. The van der Waals surface area contributed by atoms with E-state index in [4.69, 9.17) is 38.4 Å². The number of benzene rings is 1. The molecule has 2 aromatic rings. The average Bonchev–Trinajstić information content (AvgIpc) is 2.53. The highest BCUT2D eigenvalue weighted by Crippen LogP contribution is 2.42. The van der Waals surface area contributed by atoms with E-state index in [-0.39, 0.29) is 34.5 Å². The van der Waals surface area contributed by atoms with E-state index in [9.17, 15) is 14.4 Å². The van der Waals surface area contributed by atoms with Crippen molar-refractivity contribution >= 4 is 29.2 Å². The first-order chi connectivity index (χ1) is 12.3. The van der Waals surface area contributed by atoms with Gasteiger partial charge in [0.25, 0.3) is 5.56 Å². The molecule has 0 radical (unpaired) electrons. The van der Waals surface area contributed by atoms with Gasteiger partial charge in [-0.1, -0.05) is 29.3 Å². The molecule has 136 valence electrons. The van der Waals surface area contributed by atoms with Crippen LogP contribution in [0.5, 0.6) is 5.88 Å². The number of aromatic amines is 2. The quantitative estimate of drug-likeness (QED) is 0.675. The number of carbonyl (C=O) groups excluding carboxylic acids is 1. The fourth-order valence-corrected chi connectivity index (χ4v) is 3.26. The van der Waals surface area contributed by atoms with Gasteiger partial charge in [-0.3, -0.25) is 14.8 Å². The topological polar surface area (TPSA) is 127 Å². The third-order valence-corrected chi connectivity index (χ3v) is 4.33. The summed E-state index contributed by atoms with van der Waals surface area (Å²) in [6.07, 6.45) is 0. The molecule has 0 saturated carbocycles. The zero-order valence-electron chi connectivity index (χ0n) is 13.4. The van der Waals surface area contributed by atoms with Gasteiger partial charge >= 0.3 is 11.7 Å². The minimum atomic E-state index is -1.01. The van der Waals surface area contributed by atoms with Crippen LogP contribution in [-0.4, -0.2) is 22.5 Å². The van der Waals surface area contributed by atoms with Gasteiger partial charge in [-0.15, -0.1) is 0 Å². The number of carbonyl (C=O) groups is 1. The number of H-pyrrole nitrogens is 2. The second-order valence-electron chi connectivity index (χ2n) is 5.35. The van der Waals surface area contributed by atoms with Crippen LogP contribution in [0.25, 0.3) is 0 Å². The molecule has 0 bridgehead atoms. The van der Waals surface area contributed by atoms with Gasteiger partial charge in [0.15, 0.2) is 0 Å². The van der Waals surface area contributed by atoms with Crippen LogP contribution < -0.4 is 21.7 Å². The molecule has 1 atom stereocenters. The van der Waals surface area contributed by atoms with Crippen molar-refractivity contribution in [3.63, 3.8) is 0 Å². The number of halogens is 2. The molecule has 8 nitrogen and oxygen atoms in total. The Balaban J connectivity index is 2.33. The third kappa shape index (κ3) is 3.09. The fourth-order valence-electron chi connectivity index (χ4n) is 2.74. The van der Waals surface area contributed by atoms with Crippen molar-refractivity contribution in [3.05, 3.63) is 71.7 Å². The molecule has 3 rings (SSSR count). The standard InChI is InChI=1S/C16H13Cl2N3O5/c1-2-25-15(23)10-9(7-4-3-6(17)5-8(7)18)11-13(22)20-16(24)21-14(11)26-12(10)19/h3-5,9H,2,19H2,1H3,(H2,20,21,22,24)/t9-/m0/s1. The summed E-state index contributed by atoms with van der Waals surface area (Å²) < 4.78 is 10.3. The first-order valence-corrected chi connectivity index (χ1v) is 8.25. The van der Waals surface area contributed by atoms with Gasteiger partial charge in [-0.05, 0) is 24.6 Å². The van der Waals surface area contributed by atoms with E-state index in [0.29, 0.717) is 10.6 Å². The van der Waals surface area contributed by atoms with Gasteiger partial charge in [0, 0.05) is 10.0 Å². The Labute approximate surface area is 156 Å². The molecule has 1 aromatic carbocycles.